The molecule has 3 aromatic carbocycles. The van der Waals surface area contributed by atoms with Gasteiger partial charge in [-0.1, -0.05) is 59.6 Å². The van der Waals surface area contributed by atoms with Crippen LogP contribution in [0.3, 0.4) is 0 Å². The van der Waals surface area contributed by atoms with Crippen LogP contribution in [0.25, 0.3) is 0 Å². The second-order valence-corrected chi connectivity index (χ2v) is 8.48. The molecule has 0 aliphatic heterocycles. The summed E-state index contributed by atoms with van der Waals surface area (Å²) in [6.07, 6.45) is 0.0411. The van der Waals surface area contributed by atoms with Gasteiger partial charge in [0, 0.05) is 16.8 Å². The molecular weight excluding hydrogens is 481 g/mol. The van der Waals surface area contributed by atoms with Crippen molar-refractivity contribution in [3.05, 3.63) is 93.5 Å². The lowest BCUT2D eigenvalue weighted by atomic mass is 10.0. The van der Waals surface area contributed by atoms with Gasteiger partial charge in [0.15, 0.2) is 11.8 Å². The van der Waals surface area contributed by atoms with Crippen molar-refractivity contribution in [1.29, 1.82) is 0 Å². The Morgan fingerprint density at radius 2 is 1.64 bits per heavy atom. The normalized spacial score (nSPS) is 11.5. The monoisotopic (exact) mass is 502 g/mol. The highest BCUT2D eigenvalue weighted by atomic mass is 35.5. The number of ketones is 1. The maximum absolute atomic E-state index is 13.2. The molecule has 33 heavy (non-hydrogen) atoms. The van der Waals surface area contributed by atoms with E-state index < -0.39 is 6.04 Å². The van der Waals surface area contributed by atoms with Crippen LogP contribution in [0.4, 0.5) is 11.4 Å². The molecule has 0 fully saturated rings. The molecule has 0 aromatic heterocycles. The van der Waals surface area contributed by atoms with Crippen molar-refractivity contribution in [2.45, 2.75) is 12.5 Å². The zero-order chi connectivity index (χ0) is 24.0. The number of halogens is 2. The summed E-state index contributed by atoms with van der Waals surface area (Å²) in [7, 11) is 0. The van der Waals surface area contributed by atoms with Crippen molar-refractivity contribution in [3.8, 4) is 0 Å². The van der Waals surface area contributed by atoms with Gasteiger partial charge in [0.25, 0.3) is 5.91 Å². The number of carbonyl (C=O) groups excluding carboxylic acids is 3. The maximum Gasteiger partial charge on any atom is 0.283 e. The van der Waals surface area contributed by atoms with Crippen LogP contribution >= 0.6 is 35.8 Å². The molecule has 0 heterocycles. The first-order chi connectivity index (χ1) is 15.8. The van der Waals surface area contributed by atoms with E-state index in [-0.39, 0.29) is 35.3 Å². The van der Waals surface area contributed by atoms with Gasteiger partial charge in [0.1, 0.15) is 0 Å². The summed E-state index contributed by atoms with van der Waals surface area (Å²) in [4.78, 5) is 38.1. The molecule has 0 saturated heterocycles. The summed E-state index contributed by atoms with van der Waals surface area (Å²) >= 11 is 16.1. The second-order valence-electron chi connectivity index (χ2n) is 7.30. The SMILES string of the molecule is [NH3+][C@@H](CS)C(=O)Nc1ccc(NC(=O)Cc2ccc(Cl)c(Cl)c2)c(C(=O)c2ccccc2)c1. The van der Waals surface area contributed by atoms with Gasteiger partial charge < -0.3 is 16.4 Å². The van der Waals surface area contributed by atoms with E-state index in [2.05, 4.69) is 29.0 Å². The highest BCUT2D eigenvalue weighted by molar-refractivity contribution is 7.80. The number of hydrogen-bond donors (Lipinski definition) is 4. The molecule has 0 unspecified atom stereocenters. The van der Waals surface area contributed by atoms with Gasteiger partial charge in [0.05, 0.1) is 27.9 Å². The summed E-state index contributed by atoms with van der Waals surface area (Å²) in [6.45, 7) is 0. The Morgan fingerprint density at radius 1 is 0.909 bits per heavy atom. The molecular formula is C24H22Cl2N3O3S+. The van der Waals surface area contributed by atoms with E-state index in [0.717, 1.165) is 0 Å². The molecule has 1 atom stereocenters. The van der Waals surface area contributed by atoms with Gasteiger partial charge >= 0.3 is 0 Å². The molecule has 0 aliphatic rings. The van der Waals surface area contributed by atoms with Gasteiger partial charge in [-0.2, -0.15) is 12.6 Å². The van der Waals surface area contributed by atoms with Crippen molar-refractivity contribution in [3.63, 3.8) is 0 Å². The Morgan fingerprint density at radius 3 is 2.30 bits per heavy atom. The zero-order valence-corrected chi connectivity index (χ0v) is 19.9. The molecule has 3 rings (SSSR count). The van der Waals surface area contributed by atoms with Gasteiger partial charge in [-0.15, -0.1) is 0 Å². The molecule has 5 N–H and O–H groups in total. The van der Waals surface area contributed by atoms with Gasteiger partial charge in [-0.05, 0) is 35.9 Å². The van der Waals surface area contributed by atoms with E-state index in [1.165, 1.54) is 6.07 Å². The van der Waals surface area contributed by atoms with Crippen molar-refractivity contribution >= 4 is 64.8 Å². The highest BCUT2D eigenvalue weighted by Crippen LogP contribution is 2.26. The number of carbonyl (C=O) groups is 3. The second kappa shape index (κ2) is 11.3. The number of benzene rings is 3. The molecule has 0 aliphatic carbocycles. The predicted octanol–water partition coefficient (Wildman–Crippen LogP) is 3.88. The van der Waals surface area contributed by atoms with Crippen molar-refractivity contribution in [1.82, 2.24) is 0 Å². The minimum Gasteiger partial charge on any atom is -0.347 e. The third kappa shape index (κ3) is 6.58. The molecule has 0 bridgehead atoms. The van der Waals surface area contributed by atoms with Crippen LogP contribution in [0, 0.1) is 0 Å². The summed E-state index contributed by atoms with van der Waals surface area (Å²) in [5.74, 6) is -0.665. The van der Waals surface area contributed by atoms with Crippen molar-refractivity contribution in [2.24, 2.45) is 0 Å². The maximum atomic E-state index is 13.2. The Balaban J connectivity index is 1.88. The number of thiol groups is 1. The van der Waals surface area contributed by atoms with Crippen molar-refractivity contribution in [2.75, 3.05) is 16.4 Å². The third-order valence-corrected chi connectivity index (χ3v) is 5.96. The molecule has 0 radical (unpaired) electrons. The van der Waals surface area contributed by atoms with Crippen LogP contribution in [0.5, 0.6) is 0 Å². The number of hydrogen-bond acceptors (Lipinski definition) is 4. The Hall–Kier alpha value is -2.84. The highest BCUT2D eigenvalue weighted by Gasteiger charge is 2.19. The standard InChI is InChI=1S/C24H21Cl2N3O3S/c25-18-8-6-14(10-19(18)26)11-22(30)29-21-9-7-16(28-24(32)20(27)13-33)12-17(21)23(31)15-4-2-1-3-5-15/h1-10,12,20,33H,11,13,27H2,(H,28,32)(H,29,30)/p+1/t20-/m0/s1. The van der Waals surface area contributed by atoms with Crippen LogP contribution in [0.2, 0.25) is 10.0 Å². The minimum absolute atomic E-state index is 0.0411. The smallest absolute Gasteiger partial charge is 0.283 e. The van der Waals surface area contributed by atoms with E-state index in [0.29, 0.717) is 32.5 Å². The van der Waals surface area contributed by atoms with E-state index in [4.69, 9.17) is 23.2 Å². The number of nitrogens with one attached hydrogen (secondary N) is 2. The lowest BCUT2D eigenvalue weighted by Gasteiger charge is -2.14. The number of rotatable bonds is 8. The molecule has 3 aromatic rings. The van der Waals surface area contributed by atoms with Crippen molar-refractivity contribution < 1.29 is 20.1 Å². The Kier molecular flexibility index (Phi) is 8.52. The summed E-state index contributed by atoms with van der Waals surface area (Å²) in [5, 5.41) is 6.27. The molecule has 170 valence electrons. The average Bonchev–Trinajstić information content (AvgIpc) is 2.81. The molecule has 6 nitrogen and oxygen atoms in total. The van der Waals surface area contributed by atoms with Gasteiger partial charge in [0.2, 0.25) is 5.91 Å². The fraction of sp³-hybridized carbons (Fsp3) is 0.125. The van der Waals surface area contributed by atoms with E-state index in [1.54, 1.807) is 60.7 Å². The molecule has 9 heteroatoms. The van der Waals surface area contributed by atoms with Crippen LogP contribution in [0.15, 0.2) is 66.7 Å². The van der Waals surface area contributed by atoms with Gasteiger partial charge in [-0.25, -0.2) is 0 Å². The quantitative estimate of drug-likeness (QED) is 0.277. The van der Waals surface area contributed by atoms with Crippen LogP contribution < -0.4 is 16.4 Å². The molecule has 0 saturated carbocycles. The summed E-state index contributed by atoms with van der Waals surface area (Å²) in [5.41, 5.74) is 5.85. The largest absolute Gasteiger partial charge is 0.347 e. The summed E-state index contributed by atoms with van der Waals surface area (Å²) in [6, 6.07) is 17.8. The first-order valence-electron chi connectivity index (χ1n) is 10.0. The number of anilines is 2. The van der Waals surface area contributed by atoms with E-state index in [9.17, 15) is 14.4 Å². The fourth-order valence-corrected chi connectivity index (χ4v) is 3.51. The zero-order valence-electron chi connectivity index (χ0n) is 17.5. The summed E-state index contributed by atoms with van der Waals surface area (Å²) < 4.78 is 0. The topological polar surface area (TPSA) is 103 Å². The Labute approximate surface area is 206 Å². The lowest BCUT2D eigenvalue weighted by molar-refractivity contribution is -0.395. The minimum atomic E-state index is -0.549. The first kappa shape index (κ1) is 24.8. The number of amides is 2. The van der Waals surface area contributed by atoms with E-state index >= 15 is 0 Å². The Bertz CT molecular complexity index is 1190. The van der Waals surface area contributed by atoms with Crippen LogP contribution in [-0.2, 0) is 16.0 Å². The van der Waals surface area contributed by atoms with Crippen LogP contribution in [-0.4, -0.2) is 29.4 Å². The average molecular weight is 503 g/mol. The van der Waals surface area contributed by atoms with E-state index in [1.807, 2.05) is 0 Å². The predicted molar refractivity (Wildman–Crippen MR) is 134 cm³/mol. The molecule has 0 spiro atoms. The number of quaternary nitrogens is 1. The third-order valence-electron chi connectivity index (χ3n) is 4.78. The fourth-order valence-electron chi connectivity index (χ4n) is 3.02. The first-order valence-corrected chi connectivity index (χ1v) is 11.4. The molecule has 2 amide bonds. The van der Waals surface area contributed by atoms with Crippen LogP contribution in [0.1, 0.15) is 21.5 Å². The van der Waals surface area contributed by atoms with Gasteiger partial charge in [-0.3, -0.25) is 14.4 Å². The lowest BCUT2D eigenvalue weighted by Crippen LogP contribution is -2.67.